The third-order valence-corrected chi connectivity index (χ3v) is 5.94. The zero-order chi connectivity index (χ0) is 25.8. The van der Waals surface area contributed by atoms with Crippen LogP contribution in [-0.4, -0.2) is 11.0 Å². The van der Waals surface area contributed by atoms with Gasteiger partial charge < -0.3 is 14.2 Å². The van der Waals surface area contributed by atoms with Crippen molar-refractivity contribution in [2.24, 2.45) is 0 Å². The predicted molar refractivity (Wildman–Crippen MR) is 150 cm³/mol. The van der Waals surface area contributed by atoms with Crippen LogP contribution < -0.4 is 16.3 Å². The maximum Gasteiger partial charge on any atom is 0.344 e. The van der Waals surface area contributed by atoms with E-state index in [1.807, 2.05) is 79.7 Å². The molecule has 2 heterocycles. The Balaban J connectivity index is 1.22. The Morgan fingerprint density at radius 1 is 0.865 bits per heavy atom. The molecule has 1 amide bonds. The Bertz CT molecular complexity index is 1700. The van der Waals surface area contributed by atoms with Crippen LogP contribution in [0.1, 0.15) is 11.3 Å². The molecule has 0 spiro atoms. The maximum absolute atomic E-state index is 12.5. The topological polar surface area (TPSA) is 84.5 Å². The monoisotopic (exact) mass is 506 g/mol. The van der Waals surface area contributed by atoms with Crippen molar-refractivity contribution < 1.29 is 13.6 Å². The SMILES string of the molecule is Cc1cc(NC(=S)NC(=O)/C=C/c2ccc(-c3ccccc3)o2)ccc1-c1cc2ccccc2oc1=O. The van der Waals surface area contributed by atoms with E-state index in [-0.39, 0.29) is 5.11 Å². The lowest BCUT2D eigenvalue weighted by Gasteiger charge is -2.11. The second kappa shape index (κ2) is 10.5. The molecule has 5 aromatic rings. The molecule has 2 aromatic heterocycles. The third-order valence-electron chi connectivity index (χ3n) is 5.74. The van der Waals surface area contributed by atoms with Crippen LogP contribution in [0.5, 0.6) is 0 Å². The van der Waals surface area contributed by atoms with E-state index in [2.05, 4.69) is 10.6 Å². The van der Waals surface area contributed by atoms with Gasteiger partial charge in [0.2, 0.25) is 5.91 Å². The molecule has 182 valence electrons. The highest BCUT2D eigenvalue weighted by Crippen LogP contribution is 2.26. The molecule has 0 radical (unpaired) electrons. The van der Waals surface area contributed by atoms with Crippen molar-refractivity contribution in [1.29, 1.82) is 0 Å². The van der Waals surface area contributed by atoms with Gasteiger partial charge >= 0.3 is 5.63 Å². The molecule has 6 nitrogen and oxygen atoms in total. The zero-order valence-corrected chi connectivity index (χ0v) is 20.7. The summed E-state index contributed by atoms with van der Waals surface area (Å²) in [7, 11) is 0. The van der Waals surface area contributed by atoms with E-state index in [9.17, 15) is 9.59 Å². The Morgan fingerprint density at radius 3 is 2.46 bits per heavy atom. The van der Waals surface area contributed by atoms with Crippen LogP contribution in [0.3, 0.4) is 0 Å². The fourth-order valence-corrected chi connectivity index (χ4v) is 4.19. The summed E-state index contributed by atoms with van der Waals surface area (Å²) in [5.74, 6) is 0.882. The third kappa shape index (κ3) is 5.58. The summed E-state index contributed by atoms with van der Waals surface area (Å²) in [6, 6.07) is 28.0. The summed E-state index contributed by atoms with van der Waals surface area (Å²) in [6.45, 7) is 1.90. The van der Waals surface area contributed by atoms with Crippen LogP contribution in [0.25, 0.3) is 39.5 Å². The van der Waals surface area contributed by atoms with Gasteiger partial charge in [0, 0.05) is 22.7 Å². The number of aryl methyl sites for hydroxylation is 1. The zero-order valence-electron chi connectivity index (χ0n) is 19.9. The largest absolute Gasteiger partial charge is 0.457 e. The number of carbonyl (C=O) groups is 1. The molecule has 5 rings (SSSR count). The number of benzene rings is 3. The van der Waals surface area contributed by atoms with Crippen molar-refractivity contribution in [3.63, 3.8) is 0 Å². The first kappa shape index (κ1) is 24.0. The Kier molecular flexibility index (Phi) is 6.78. The number of para-hydroxylation sites is 1. The number of nitrogens with one attached hydrogen (secondary N) is 2. The second-order valence-electron chi connectivity index (χ2n) is 8.36. The van der Waals surface area contributed by atoms with Crippen molar-refractivity contribution in [2.45, 2.75) is 6.92 Å². The molecule has 0 saturated heterocycles. The molecule has 0 saturated carbocycles. The lowest BCUT2D eigenvalue weighted by molar-refractivity contribution is -0.115. The van der Waals surface area contributed by atoms with Gasteiger partial charge in [-0.3, -0.25) is 10.1 Å². The summed E-state index contributed by atoms with van der Waals surface area (Å²) in [4.78, 5) is 24.9. The molecule has 0 aliphatic rings. The fraction of sp³-hybridized carbons (Fsp3) is 0.0333. The molecule has 0 bridgehead atoms. The molecule has 3 aromatic carbocycles. The first-order chi connectivity index (χ1) is 18.0. The number of amides is 1. The van der Waals surface area contributed by atoms with E-state index in [4.69, 9.17) is 21.1 Å². The number of thiocarbonyl (C=S) groups is 1. The quantitative estimate of drug-likeness (QED) is 0.160. The highest BCUT2D eigenvalue weighted by Gasteiger charge is 2.11. The van der Waals surface area contributed by atoms with Gasteiger partial charge in [-0.1, -0.05) is 54.6 Å². The van der Waals surface area contributed by atoms with Gasteiger partial charge in [-0.25, -0.2) is 4.79 Å². The lowest BCUT2D eigenvalue weighted by atomic mass is 10.0. The minimum Gasteiger partial charge on any atom is -0.457 e. The number of carbonyl (C=O) groups excluding carboxylic acids is 1. The van der Waals surface area contributed by atoms with E-state index >= 15 is 0 Å². The van der Waals surface area contributed by atoms with Crippen LogP contribution in [0.15, 0.2) is 111 Å². The maximum atomic E-state index is 12.5. The van der Waals surface area contributed by atoms with Crippen molar-refractivity contribution in [3.05, 3.63) is 119 Å². The van der Waals surface area contributed by atoms with Crippen molar-refractivity contribution in [1.82, 2.24) is 5.32 Å². The van der Waals surface area contributed by atoms with Gasteiger partial charge in [-0.15, -0.1) is 0 Å². The molecule has 37 heavy (non-hydrogen) atoms. The van der Waals surface area contributed by atoms with Gasteiger partial charge in [0.05, 0.1) is 5.56 Å². The Labute approximate surface area is 218 Å². The summed E-state index contributed by atoms with van der Waals surface area (Å²) in [5.41, 5.74) is 3.89. The summed E-state index contributed by atoms with van der Waals surface area (Å²) in [6.07, 6.45) is 2.94. The number of anilines is 1. The van der Waals surface area contributed by atoms with Gasteiger partial charge in [-0.05, 0) is 72.7 Å². The molecule has 0 fully saturated rings. The smallest absolute Gasteiger partial charge is 0.344 e. The molecule has 0 unspecified atom stereocenters. The second-order valence-corrected chi connectivity index (χ2v) is 8.77. The van der Waals surface area contributed by atoms with E-state index in [1.54, 1.807) is 24.3 Å². The molecular formula is C30H22N2O4S. The number of hydrogen-bond acceptors (Lipinski definition) is 5. The molecule has 0 atom stereocenters. The Morgan fingerprint density at radius 2 is 1.65 bits per heavy atom. The van der Waals surface area contributed by atoms with Gasteiger partial charge in [0.1, 0.15) is 17.1 Å². The van der Waals surface area contributed by atoms with Crippen molar-refractivity contribution >= 4 is 46.0 Å². The summed E-state index contributed by atoms with van der Waals surface area (Å²) < 4.78 is 11.2. The number of furan rings is 1. The molecule has 2 N–H and O–H groups in total. The average molecular weight is 507 g/mol. The van der Waals surface area contributed by atoms with E-state index in [0.29, 0.717) is 22.6 Å². The van der Waals surface area contributed by atoms with Crippen LogP contribution in [0.4, 0.5) is 5.69 Å². The number of fused-ring (bicyclic) bond motifs is 1. The standard InChI is InChI=1S/C30H22N2O4S/c1-19-17-22(11-14-24(19)25-18-21-9-5-6-10-26(21)36-29(25)34)31-30(37)32-28(33)16-13-23-12-15-27(35-23)20-7-3-2-4-8-20/h2-18H,1H3,(H2,31,32,33,37)/b16-13+. The molecule has 0 aliphatic heterocycles. The van der Waals surface area contributed by atoms with Gasteiger partial charge in [-0.2, -0.15) is 0 Å². The normalized spacial score (nSPS) is 11.1. The van der Waals surface area contributed by atoms with E-state index < -0.39 is 11.5 Å². The highest BCUT2D eigenvalue weighted by molar-refractivity contribution is 7.80. The van der Waals surface area contributed by atoms with Crippen LogP contribution in [0.2, 0.25) is 0 Å². The van der Waals surface area contributed by atoms with Gasteiger partial charge in [0.15, 0.2) is 5.11 Å². The molecular weight excluding hydrogens is 484 g/mol. The average Bonchev–Trinajstić information content (AvgIpc) is 3.37. The Hall–Kier alpha value is -4.75. The molecule has 0 aliphatic carbocycles. The van der Waals surface area contributed by atoms with Crippen LogP contribution in [0, 0.1) is 6.92 Å². The minimum atomic E-state index is -0.399. The van der Waals surface area contributed by atoms with Crippen LogP contribution >= 0.6 is 12.2 Å². The van der Waals surface area contributed by atoms with Crippen molar-refractivity contribution in [2.75, 3.05) is 5.32 Å². The molecule has 7 heteroatoms. The number of rotatable bonds is 5. The summed E-state index contributed by atoms with van der Waals surface area (Å²) in [5, 5.41) is 6.62. The number of hydrogen-bond donors (Lipinski definition) is 2. The predicted octanol–water partition coefficient (Wildman–Crippen LogP) is 6.55. The summed E-state index contributed by atoms with van der Waals surface area (Å²) >= 11 is 5.29. The van der Waals surface area contributed by atoms with E-state index in [1.165, 1.54) is 6.08 Å². The first-order valence-corrected chi connectivity index (χ1v) is 12.0. The fourth-order valence-electron chi connectivity index (χ4n) is 3.97. The van der Waals surface area contributed by atoms with E-state index in [0.717, 1.165) is 27.8 Å². The minimum absolute atomic E-state index is 0.149. The van der Waals surface area contributed by atoms with Crippen molar-refractivity contribution in [3.8, 4) is 22.5 Å². The highest BCUT2D eigenvalue weighted by atomic mass is 32.1. The lowest BCUT2D eigenvalue weighted by Crippen LogP contribution is -2.32. The van der Waals surface area contributed by atoms with Crippen LogP contribution in [-0.2, 0) is 4.79 Å². The first-order valence-electron chi connectivity index (χ1n) is 11.6. The van der Waals surface area contributed by atoms with Gasteiger partial charge in [0.25, 0.3) is 0 Å².